The Labute approximate surface area is 80.7 Å². The van der Waals surface area contributed by atoms with Gasteiger partial charge in [-0.2, -0.15) is 5.10 Å². The lowest BCUT2D eigenvalue weighted by atomic mass is 10.4. The molecule has 2 aromatic heterocycles. The highest BCUT2D eigenvalue weighted by molar-refractivity contribution is 5.48. The van der Waals surface area contributed by atoms with Gasteiger partial charge in [0.1, 0.15) is 5.69 Å². The van der Waals surface area contributed by atoms with Gasteiger partial charge in [-0.15, -0.1) is 5.10 Å². The number of aromatic nitrogens is 4. The Balaban J connectivity index is 2.49. The van der Waals surface area contributed by atoms with Crippen LogP contribution in [0.2, 0.25) is 0 Å². The van der Waals surface area contributed by atoms with Crippen LogP contribution < -0.4 is 5.73 Å². The van der Waals surface area contributed by atoms with Gasteiger partial charge in [0.15, 0.2) is 0 Å². The Morgan fingerprint density at radius 2 is 2.29 bits per heavy atom. The van der Waals surface area contributed by atoms with E-state index in [2.05, 4.69) is 15.3 Å². The molecule has 0 atom stereocenters. The van der Waals surface area contributed by atoms with Crippen molar-refractivity contribution >= 4 is 6.01 Å². The second kappa shape index (κ2) is 3.13. The van der Waals surface area contributed by atoms with Crippen molar-refractivity contribution in [2.45, 2.75) is 20.4 Å². The van der Waals surface area contributed by atoms with Crippen LogP contribution in [0.3, 0.4) is 0 Å². The van der Waals surface area contributed by atoms with Gasteiger partial charge in [0, 0.05) is 6.54 Å². The highest BCUT2D eigenvalue weighted by atomic mass is 16.4. The van der Waals surface area contributed by atoms with Crippen molar-refractivity contribution < 1.29 is 4.42 Å². The zero-order valence-electron chi connectivity index (χ0n) is 8.06. The summed E-state index contributed by atoms with van der Waals surface area (Å²) in [5.74, 6) is 0.407. The van der Waals surface area contributed by atoms with Crippen LogP contribution in [0.25, 0.3) is 11.6 Å². The van der Waals surface area contributed by atoms with Crippen LogP contribution in [0.1, 0.15) is 12.6 Å². The molecule has 0 unspecified atom stereocenters. The molecule has 0 radical (unpaired) electrons. The number of nitrogens with two attached hydrogens (primary N) is 1. The highest BCUT2D eigenvalue weighted by Gasteiger charge is 2.12. The summed E-state index contributed by atoms with van der Waals surface area (Å²) in [5, 5.41) is 11.7. The Bertz CT molecular complexity index is 444. The fraction of sp³-hybridized carbons (Fsp3) is 0.375. The lowest BCUT2D eigenvalue weighted by molar-refractivity contribution is 0.570. The third-order valence-electron chi connectivity index (χ3n) is 1.86. The molecule has 0 amide bonds. The molecule has 2 rings (SSSR count). The predicted octanol–water partition coefficient (Wildman–Crippen LogP) is 0.844. The van der Waals surface area contributed by atoms with Gasteiger partial charge in [0.25, 0.3) is 5.89 Å². The second-order valence-corrected chi connectivity index (χ2v) is 2.93. The first-order valence-electron chi connectivity index (χ1n) is 4.34. The molecular weight excluding hydrogens is 182 g/mol. The van der Waals surface area contributed by atoms with Crippen LogP contribution in [0.5, 0.6) is 0 Å². The molecule has 0 aliphatic rings. The van der Waals surface area contributed by atoms with E-state index in [1.54, 1.807) is 4.68 Å². The monoisotopic (exact) mass is 193 g/mol. The standard InChI is InChI=1S/C8H11N5O/c1-3-13-6(4-5(2)12-13)7-10-11-8(9)14-7/h4H,3H2,1-2H3,(H2,9,11). The van der Waals surface area contributed by atoms with Crippen molar-refractivity contribution in [2.24, 2.45) is 0 Å². The zero-order chi connectivity index (χ0) is 10.1. The van der Waals surface area contributed by atoms with Crippen LogP contribution in [-0.2, 0) is 6.54 Å². The Hall–Kier alpha value is -1.85. The van der Waals surface area contributed by atoms with Gasteiger partial charge in [-0.3, -0.25) is 4.68 Å². The second-order valence-electron chi connectivity index (χ2n) is 2.93. The minimum atomic E-state index is 0.0708. The summed E-state index contributed by atoms with van der Waals surface area (Å²) in [6, 6.07) is 1.96. The molecule has 0 aliphatic heterocycles. The van der Waals surface area contributed by atoms with E-state index in [1.165, 1.54) is 0 Å². The molecule has 0 bridgehead atoms. The first kappa shape index (κ1) is 8.74. The third kappa shape index (κ3) is 1.34. The number of hydrogen-bond donors (Lipinski definition) is 1. The van der Waals surface area contributed by atoms with E-state index in [1.807, 2.05) is 19.9 Å². The van der Waals surface area contributed by atoms with Gasteiger partial charge in [0.05, 0.1) is 5.69 Å². The number of anilines is 1. The largest absolute Gasteiger partial charge is 0.402 e. The van der Waals surface area contributed by atoms with Crippen LogP contribution in [-0.4, -0.2) is 20.0 Å². The number of rotatable bonds is 2. The summed E-state index contributed by atoms with van der Waals surface area (Å²) in [6.45, 7) is 4.66. The fourth-order valence-electron chi connectivity index (χ4n) is 1.30. The smallest absolute Gasteiger partial charge is 0.313 e. The fourth-order valence-corrected chi connectivity index (χ4v) is 1.30. The zero-order valence-corrected chi connectivity index (χ0v) is 8.06. The normalized spacial score (nSPS) is 10.7. The Morgan fingerprint density at radius 3 is 2.86 bits per heavy atom. The van der Waals surface area contributed by atoms with Gasteiger partial charge in [-0.25, -0.2) is 0 Å². The molecule has 0 fully saturated rings. The first-order valence-corrected chi connectivity index (χ1v) is 4.34. The lowest BCUT2D eigenvalue weighted by Crippen LogP contribution is -1.99. The van der Waals surface area contributed by atoms with Crippen LogP contribution in [0.15, 0.2) is 10.5 Å². The van der Waals surface area contributed by atoms with E-state index >= 15 is 0 Å². The maximum atomic E-state index is 5.34. The molecule has 2 aromatic rings. The first-order chi connectivity index (χ1) is 6.70. The van der Waals surface area contributed by atoms with Crippen molar-refractivity contribution in [3.05, 3.63) is 11.8 Å². The van der Waals surface area contributed by atoms with Crippen molar-refractivity contribution in [1.29, 1.82) is 0 Å². The minimum Gasteiger partial charge on any atom is -0.402 e. The van der Waals surface area contributed by atoms with Crippen molar-refractivity contribution in [1.82, 2.24) is 20.0 Å². The number of nitrogen functional groups attached to an aromatic ring is 1. The lowest BCUT2D eigenvalue weighted by Gasteiger charge is -1.98. The molecule has 2 N–H and O–H groups in total. The minimum absolute atomic E-state index is 0.0708. The molecule has 14 heavy (non-hydrogen) atoms. The van der Waals surface area contributed by atoms with E-state index in [0.29, 0.717) is 5.89 Å². The SMILES string of the molecule is CCn1nc(C)cc1-c1nnc(N)o1. The molecule has 0 spiro atoms. The Morgan fingerprint density at radius 1 is 1.50 bits per heavy atom. The molecular formula is C8H11N5O. The van der Waals surface area contributed by atoms with Crippen molar-refractivity contribution in [3.63, 3.8) is 0 Å². The van der Waals surface area contributed by atoms with Crippen molar-refractivity contribution in [3.8, 4) is 11.6 Å². The van der Waals surface area contributed by atoms with E-state index in [4.69, 9.17) is 10.2 Å². The summed E-state index contributed by atoms with van der Waals surface area (Å²) in [5.41, 5.74) is 7.06. The molecule has 2 heterocycles. The summed E-state index contributed by atoms with van der Waals surface area (Å²) in [6.07, 6.45) is 0. The van der Waals surface area contributed by atoms with E-state index in [-0.39, 0.29) is 6.01 Å². The van der Waals surface area contributed by atoms with Gasteiger partial charge in [-0.1, -0.05) is 5.10 Å². The summed E-state index contributed by atoms with van der Waals surface area (Å²) in [7, 11) is 0. The molecule has 0 saturated heterocycles. The molecule has 0 saturated carbocycles. The molecule has 6 heteroatoms. The number of nitrogens with zero attached hydrogens (tertiary/aromatic N) is 4. The van der Waals surface area contributed by atoms with E-state index in [9.17, 15) is 0 Å². The number of hydrogen-bond acceptors (Lipinski definition) is 5. The maximum absolute atomic E-state index is 5.34. The van der Waals surface area contributed by atoms with Gasteiger partial charge in [0.2, 0.25) is 0 Å². The molecule has 74 valence electrons. The quantitative estimate of drug-likeness (QED) is 0.764. The van der Waals surface area contributed by atoms with Crippen LogP contribution >= 0.6 is 0 Å². The molecule has 6 nitrogen and oxygen atoms in total. The highest BCUT2D eigenvalue weighted by Crippen LogP contribution is 2.19. The van der Waals surface area contributed by atoms with Crippen LogP contribution in [0.4, 0.5) is 6.01 Å². The van der Waals surface area contributed by atoms with Crippen LogP contribution in [0, 0.1) is 6.92 Å². The summed E-state index contributed by atoms with van der Waals surface area (Å²) in [4.78, 5) is 0. The average Bonchev–Trinajstić information content (AvgIpc) is 2.71. The van der Waals surface area contributed by atoms with E-state index < -0.39 is 0 Å². The third-order valence-corrected chi connectivity index (χ3v) is 1.86. The Kier molecular flexibility index (Phi) is 1.95. The topological polar surface area (TPSA) is 82.8 Å². The van der Waals surface area contributed by atoms with Gasteiger partial charge < -0.3 is 10.2 Å². The van der Waals surface area contributed by atoms with Gasteiger partial charge >= 0.3 is 6.01 Å². The van der Waals surface area contributed by atoms with Gasteiger partial charge in [-0.05, 0) is 19.9 Å². The maximum Gasteiger partial charge on any atom is 0.313 e. The van der Waals surface area contributed by atoms with E-state index in [0.717, 1.165) is 17.9 Å². The predicted molar refractivity (Wildman–Crippen MR) is 50.3 cm³/mol. The molecule has 0 aliphatic carbocycles. The molecule has 0 aromatic carbocycles. The summed E-state index contributed by atoms with van der Waals surface area (Å²) >= 11 is 0. The van der Waals surface area contributed by atoms with Crippen molar-refractivity contribution in [2.75, 3.05) is 5.73 Å². The number of aryl methyl sites for hydroxylation is 2. The average molecular weight is 193 g/mol. The summed E-state index contributed by atoms with van der Waals surface area (Å²) < 4.78 is 6.91.